The molecular formula is C11H11ClN2. The molecule has 0 aliphatic carbocycles. The minimum absolute atomic E-state index is 0.554. The number of aryl methyl sites for hydroxylation is 1. The van der Waals surface area contributed by atoms with Crippen LogP contribution in [0, 0.1) is 6.92 Å². The first-order valence-corrected chi connectivity index (χ1v) is 5.00. The minimum atomic E-state index is 0.554. The molecular weight excluding hydrogens is 196 g/mol. The van der Waals surface area contributed by atoms with Crippen molar-refractivity contribution < 1.29 is 0 Å². The number of rotatable bonds is 2. The fourth-order valence-electron chi connectivity index (χ4n) is 1.30. The van der Waals surface area contributed by atoms with Crippen LogP contribution in [0.4, 0.5) is 0 Å². The first kappa shape index (κ1) is 9.28. The lowest BCUT2D eigenvalue weighted by Crippen LogP contribution is -1.94. The molecule has 0 aliphatic heterocycles. The van der Waals surface area contributed by atoms with Gasteiger partial charge in [-0.1, -0.05) is 12.1 Å². The van der Waals surface area contributed by atoms with Crippen LogP contribution in [0.5, 0.6) is 0 Å². The molecule has 2 nitrogen and oxygen atoms in total. The summed E-state index contributed by atoms with van der Waals surface area (Å²) in [7, 11) is 0. The summed E-state index contributed by atoms with van der Waals surface area (Å²) < 4.78 is 1.85. The Kier molecular flexibility index (Phi) is 2.55. The average molecular weight is 207 g/mol. The maximum absolute atomic E-state index is 5.71. The number of halogens is 1. The van der Waals surface area contributed by atoms with Crippen LogP contribution in [-0.2, 0) is 5.88 Å². The molecule has 3 heteroatoms. The number of aromatic nitrogens is 2. The molecule has 1 aromatic heterocycles. The average Bonchev–Trinajstić information content (AvgIpc) is 2.65. The zero-order valence-electron chi connectivity index (χ0n) is 7.94. The Hall–Kier alpha value is -1.28. The first-order chi connectivity index (χ1) is 6.79. The van der Waals surface area contributed by atoms with Crippen molar-refractivity contribution >= 4 is 11.6 Å². The van der Waals surface area contributed by atoms with Crippen LogP contribution in [0.3, 0.4) is 0 Å². The highest BCUT2D eigenvalue weighted by Gasteiger charge is 1.97. The molecule has 0 radical (unpaired) electrons. The maximum Gasteiger partial charge on any atom is 0.0645 e. The molecule has 72 valence electrons. The summed E-state index contributed by atoms with van der Waals surface area (Å²) >= 11 is 5.71. The highest BCUT2D eigenvalue weighted by Crippen LogP contribution is 2.10. The van der Waals surface area contributed by atoms with Crippen LogP contribution < -0.4 is 0 Å². The third kappa shape index (κ3) is 1.80. The molecule has 1 heterocycles. The van der Waals surface area contributed by atoms with Crippen molar-refractivity contribution in [3.63, 3.8) is 0 Å². The van der Waals surface area contributed by atoms with Crippen LogP contribution in [0.2, 0.25) is 0 Å². The highest BCUT2D eigenvalue weighted by molar-refractivity contribution is 6.17. The van der Waals surface area contributed by atoms with Crippen molar-refractivity contribution in [3.8, 4) is 5.69 Å². The van der Waals surface area contributed by atoms with E-state index < -0.39 is 0 Å². The largest absolute Gasteiger partial charge is 0.241 e. The third-order valence-electron chi connectivity index (χ3n) is 2.08. The van der Waals surface area contributed by atoms with Gasteiger partial charge >= 0.3 is 0 Å². The van der Waals surface area contributed by atoms with Crippen molar-refractivity contribution in [3.05, 3.63) is 47.8 Å². The van der Waals surface area contributed by atoms with Crippen LogP contribution >= 0.6 is 11.6 Å². The Labute approximate surface area is 88.1 Å². The van der Waals surface area contributed by atoms with Crippen LogP contribution in [0.15, 0.2) is 36.5 Å². The standard InChI is InChI=1S/C11H11ClN2/c1-9-6-7-14(13-9)11-4-2-10(8-12)3-5-11/h2-7H,8H2,1H3. The zero-order valence-corrected chi connectivity index (χ0v) is 8.70. The number of benzene rings is 1. The quantitative estimate of drug-likeness (QED) is 0.691. The highest BCUT2D eigenvalue weighted by atomic mass is 35.5. The van der Waals surface area contributed by atoms with Gasteiger partial charge in [-0.25, -0.2) is 4.68 Å². The molecule has 0 unspecified atom stereocenters. The Morgan fingerprint density at radius 2 is 1.93 bits per heavy atom. The van der Waals surface area contributed by atoms with E-state index >= 15 is 0 Å². The van der Waals surface area contributed by atoms with Gasteiger partial charge in [-0.2, -0.15) is 5.10 Å². The van der Waals surface area contributed by atoms with Gasteiger partial charge in [0, 0.05) is 12.1 Å². The van der Waals surface area contributed by atoms with Crippen molar-refractivity contribution in [2.75, 3.05) is 0 Å². The predicted molar refractivity (Wildman–Crippen MR) is 57.9 cm³/mol. The fraction of sp³-hybridized carbons (Fsp3) is 0.182. The normalized spacial score (nSPS) is 10.4. The van der Waals surface area contributed by atoms with E-state index in [2.05, 4.69) is 5.10 Å². The van der Waals surface area contributed by atoms with Gasteiger partial charge in [-0.05, 0) is 30.7 Å². The lowest BCUT2D eigenvalue weighted by atomic mass is 10.2. The smallest absolute Gasteiger partial charge is 0.0645 e. The molecule has 0 saturated heterocycles. The van der Waals surface area contributed by atoms with Gasteiger partial charge in [0.25, 0.3) is 0 Å². The molecule has 1 aromatic carbocycles. The van der Waals surface area contributed by atoms with Crippen molar-refractivity contribution in [2.24, 2.45) is 0 Å². The Morgan fingerprint density at radius 1 is 1.21 bits per heavy atom. The topological polar surface area (TPSA) is 17.8 Å². The lowest BCUT2D eigenvalue weighted by molar-refractivity contribution is 0.862. The molecule has 0 N–H and O–H groups in total. The molecule has 0 bridgehead atoms. The summed E-state index contributed by atoms with van der Waals surface area (Å²) in [5, 5.41) is 4.32. The molecule has 2 aromatic rings. The van der Waals surface area contributed by atoms with Crippen molar-refractivity contribution in [2.45, 2.75) is 12.8 Å². The molecule has 14 heavy (non-hydrogen) atoms. The summed E-state index contributed by atoms with van der Waals surface area (Å²) in [6.07, 6.45) is 1.95. The monoisotopic (exact) mass is 206 g/mol. The van der Waals surface area contributed by atoms with Crippen LogP contribution in [0.25, 0.3) is 5.69 Å². The SMILES string of the molecule is Cc1ccn(-c2ccc(CCl)cc2)n1. The molecule has 0 spiro atoms. The van der Waals surface area contributed by atoms with Gasteiger partial charge in [-0.3, -0.25) is 0 Å². The molecule has 0 fully saturated rings. The Balaban J connectivity index is 2.33. The second-order valence-corrected chi connectivity index (χ2v) is 3.47. The van der Waals surface area contributed by atoms with E-state index in [9.17, 15) is 0 Å². The molecule has 0 atom stereocenters. The van der Waals surface area contributed by atoms with Gasteiger partial charge in [0.15, 0.2) is 0 Å². The predicted octanol–water partition coefficient (Wildman–Crippen LogP) is 2.92. The van der Waals surface area contributed by atoms with E-state index in [-0.39, 0.29) is 0 Å². The van der Waals surface area contributed by atoms with E-state index in [0.29, 0.717) is 5.88 Å². The number of hydrogen-bond donors (Lipinski definition) is 0. The minimum Gasteiger partial charge on any atom is -0.241 e. The molecule has 2 rings (SSSR count). The molecule has 0 aliphatic rings. The van der Waals surface area contributed by atoms with Gasteiger partial charge in [0.2, 0.25) is 0 Å². The van der Waals surface area contributed by atoms with Gasteiger partial charge < -0.3 is 0 Å². The Morgan fingerprint density at radius 3 is 2.43 bits per heavy atom. The summed E-state index contributed by atoms with van der Waals surface area (Å²) in [6, 6.07) is 10.0. The third-order valence-corrected chi connectivity index (χ3v) is 2.39. The van der Waals surface area contributed by atoms with E-state index in [1.807, 2.05) is 48.1 Å². The van der Waals surface area contributed by atoms with E-state index in [1.54, 1.807) is 0 Å². The summed E-state index contributed by atoms with van der Waals surface area (Å²) in [5.41, 5.74) is 3.21. The van der Waals surface area contributed by atoms with E-state index in [4.69, 9.17) is 11.6 Å². The van der Waals surface area contributed by atoms with Crippen LogP contribution in [0.1, 0.15) is 11.3 Å². The van der Waals surface area contributed by atoms with Crippen LogP contribution in [-0.4, -0.2) is 9.78 Å². The fourth-order valence-corrected chi connectivity index (χ4v) is 1.47. The summed E-state index contributed by atoms with van der Waals surface area (Å²) in [5.74, 6) is 0.554. The van der Waals surface area contributed by atoms with Gasteiger partial charge in [-0.15, -0.1) is 11.6 Å². The number of hydrogen-bond acceptors (Lipinski definition) is 1. The summed E-state index contributed by atoms with van der Waals surface area (Å²) in [4.78, 5) is 0. The van der Waals surface area contributed by atoms with Crippen molar-refractivity contribution in [1.82, 2.24) is 9.78 Å². The Bertz CT molecular complexity index is 417. The second-order valence-electron chi connectivity index (χ2n) is 3.20. The summed E-state index contributed by atoms with van der Waals surface area (Å²) in [6.45, 7) is 1.98. The number of nitrogens with zero attached hydrogens (tertiary/aromatic N) is 2. The molecule has 0 amide bonds. The van der Waals surface area contributed by atoms with Gasteiger partial charge in [0.1, 0.15) is 0 Å². The van der Waals surface area contributed by atoms with E-state index in [1.165, 1.54) is 0 Å². The second kappa shape index (κ2) is 3.84. The van der Waals surface area contributed by atoms with Crippen molar-refractivity contribution in [1.29, 1.82) is 0 Å². The zero-order chi connectivity index (χ0) is 9.97. The van der Waals surface area contributed by atoms with Gasteiger partial charge in [0.05, 0.1) is 11.4 Å². The molecule has 0 saturated carbocycles. The first-order valence-electron chi connectivity index (χ1n) is 4.47. The maximum atomic E-state index is 5.71. The van der Waals surface area contributed by atoms with E-state index in [0.717, 1.165) is 16.9 Å². The number of alkyl halides is 1. The lowest BCUT2D eigenvalue weighted by Gasteiger charge is -2.01.